The molecule has 3 rings (SSSR count). The minimum atomic E-state index is -0.384. The summed E-state index contributed by atoms with van der Waals surface area (Å²) < 4.78 is 0. The van der Waals surface area contributed by atoms with Gasteiger partial charge >= 0.3 is 0 Å². The molecule has 0 heterocycles. The van der Waals surface area contributed by atoms with Crippen LogP contribution >= 0.6 is 0 Å². The smallest absolute Gasteiger partial charge is 0.231 e. The standard InChI is InChI=1S/C27H30N2O2/c1-5-29(6-2)24-15-16-25(19(3)17-24)28-27(31)20(4)22-13-10-14-23(18-22)26(30)21-11-8-7-9-12-21/h7-18,20H,5-6H2,1-4H3,(H,28,31)/t20-/m1/s1. The van der Waals surface area contributed by atoms with Crippen molar-refractivity contribution in [2.24, 2.45) is 0 Å². The van der Waals surface area contributed by atoms with Crippen molar-refractivity contribution in [1.29, 1.82) is 0 Å². The summed E-state index contributed by atoms with van der Waals surface area (Å²) >= 11 is 0. The van der Waals surface area contributed by atoms with Gasteiger partial charge in [-0.2, -0.15) is 0 Å². The number of nitrogens with one attached hydrogen (secondary N) is 1. The number of carbonyl (C=O) groups is 2. The number of amides is 1. The third kappa shape index (κ3) is 5.21. The number of ketones is 1. The van der Waals surface area contributed by atoms with Crippen LogP contribution in [0.1, 0.15) is 53.7 Å². The fourth-order valence-corrected chi connectivity index (χ4v) is 3.67. The number of hydrogen-bond acceptors (Lipinski definition) is 3. The van der Waals surface area contributed by atoms with Crippen molar-refractivity contribution < 1.29 is 9.59 Å². The molecule has 0 aromatic heterocycles. The molecule has 31 heavy (non-hydrogen) atoms. The Hall–Kier alpha value is -3.40. The van der Waals surface area contributed by atoms with Crippen LogP contribution in [0, 0.1) is 6.92 Å². The summed E-state index contributed by atoms with van der Waals surface area (Å²) in [5, 5.41) is 3.05. The van der Waals surface area contributed by atoms with Gasteiger partial charge in [0, 0.05) is 35.6 Å². The Bertz CT molecular complexity index is 1060. The van der Waals surface area contributed by atoms with E-state index in [0.29, 0.717) is 11.1 Å². The largest absolute Gasteiger partial charge is 0.372 e. The molecular weight excluding hydrogens is 384 g/mol. The molecule has 0 aliphatic rings. The van der Waals surface area contributed by atoms with Crippen LogP contribution in [0.25, 0.3) is 0 Å². The number of anilines is 2. The first kappa shape index (κ1) is 22.3. The van der Waals surface area contributed by atoms with Gasteiger partial charge < -0.3 is 10.2 Å². The van der Waals surface area contributed by atoms with Crippen LogP contribution in [0.2, 0.25) is 0 Å². The topological polar surface area (TPSA) is 49.4 Å². The van der Waals surface area contributed by atoms with Crippen LogP contribution < -0.4 is 10.2 Å². The van der Waals surface area contributed by atoms with Gasteiger partial charge in [-0.05, 0) is 63.1 Å². The van der Waals surface area contributed by atoms with Crippen molar-refractivity contribution in [3.63, 3.8) is 0 Å². The molecule has 4 nitrogen and oxygen atoms in total. The van der Waals surface area contributed by atoms with Gasteiger partial charge in [-0.1, -0.05) is 48.5 Å². The van der Waals surface area contributed by atoms with Gasteiger partial charge in [0.15, 0.2) is 5.78 Å². The Labute approximate surface area is 184 Å². The average molecular weight is 415 g/mol. The second-order valence-corrected chi connectivity index (χ2v) is 7.70. The van der Waals surface area contributed by atoms with Crippen LogP contribution in [-0.4, -0.2) is 24.8 Å². The molecule has 0 fully saturated rings. The third-order valence-corrected chi connectivity index (χ3v) is 5.67. The molecule has 160 valence electrons. The molecule has 0 saturated heterocycles. The lowest BCUT2D eigenvalue weighted by Crippen LogP contribution is -2.22. The number of carbonyl (C=O) groups excluding carboxylic acids is 2. The van der Waals surface area contributed by atoms with Crippen LogP contribution in [0.3, 0.4) is 0 Å². The fraction of sp³-hybridized carbons (Fsp3) is 0.259. The second-order valence-electron chi connectivity index (χ2n) is 7.70. The lowest BCUT2D eigenvalue weighted by atomic mass is 9.95. The van der Waals surface area contributed by atoms with E-state index in [9.17, 15) is 9.59 Å². The molecule has 1 amide bonds. The SMILES string of the molecule is CCN(CC)c1ccc(NC(=O)[C@H](C)c2cccc(C(=O)c3ccccc3)c2)c(C)c1. The molecule has 3 aromatic rings. The summed E-state index contributed by atoms with van der Waals surface area (Å²) in [5.41, 5.74) is 5.03. The fourth-order valence-electron chi connectivity index (χ4n) is 3.67. The average Bonchev–Trinajstić information content (AvgIpc) is 2.81. The lowest BCUT2D eigenvalue weighted by molar-refractivity contribution is -0.117. The highest BCUT2D eigenvalue weighted by atomic mass is 16.2. The minimum absolute atomic E-state index is 0.0436. The van der Waals surface area contributed by atoms with Crippen molar-refractivity contribution in [1.82, 2.24) is 0 Å². The maximum absolute atomic E-state index is 12.9. The molecular formula is C27H30N2O2. The van der Waals surface area contributed by atoms with Crippen molar-refractivity contribution >= 4 is 23.1 Å². The highest BCUT2D eigenvalue weighted by Gasteiger charge is 2.18. The van der Waals surface area contributed by atoms with Gasteiger partial charge in [-0.25, -0.2) is 0 Å². The molecule has 0 radical (unpaired) electrons. The number of nitrogens with zero attached hydrogens (tertiary/aromatic N) is 1. The first-order chi connectivity index (χ1) is 14.9. The zero-order chi connectivity index (χ0) is 22.4. The van der Waals surface area contributed by atoms with Gasteiger partial charge in [0.2, 0.25) is 5.91 Å². The Balaban J connectivity index is 1.75. The molecule has 4 heteroatoms. The maximum Gasteiger partial charge on any atom is 0.231 e. The first-order valence-corrected chi connectivity index (χ1v) is 10.8. The monoisotopic (exact) mass is 414 g/mol. The van der Waals surface area contributed by atoms with E-state index in [1.165, 1.54) is 0 Å². The van der Waals surface area contributed by atoms with Crippen molar-refractivity contribution in [3.8, 4) is 0 Å². The minimum Gasteiger partial charge on any atom is -0.372 e. The summed E-state index contributed by atoms with van der Waals surface area (Å²) in [7, 11) is 0. The van der Waals surface area contributed by atoms with Crippen molar-refractivity contribution in [2.75, 3.05) is 23.3 Å². The number of rotatable bonds is 8. The Morgan fingerprint density at radius 3 is 2.19 bits per heavy atom. The Morgan fingerprint density at radius 2 is 1.55 bits per heavy atom. The third-order valence-electron chi connectivity index (χ3n) is 5.67. The van der Waals surface area contributed by atoms with Gasteiger partial charge in [0.1, 0.15) is 0 Å². The predicted molar refractivity (Wildman–Crippen MR) is 128 cm³/mol. The van der Waals surface area contributed by atoms with Crippen LogP contribution in [0.15, 0.2) is 72.8 Å². The van der Waals surface area contributed by atoms with Crippen LogP contribution in [0.5, 0.6) is 0 Å². The van der Waals surface area contributed by atoms with Gasteiger partial charge in [0.05, 0.1) is 5.92 Å². The van der Waals surface area contributed by atoms with Crippen molar-refractivity contribution in [3.05, 3.63) is 95.1 Å². The van der Waals surface area contributed by atoms with E-state index in [2.05, 4.69) is 30.1 Å². The van der Waals surface area contributed by atoms with E-state index in [-0.39, 0.29) is 17.6 Å². The molecule has 0 aliphatic carbocycles. The van der Waals surface area contributed by atoms with Gasteiger partial charge in [-0.3, -0.25) is 9.59 Å². The van der Waals surface area contributed by atoms with Crippen LogP contribution in [0.4, 0.5) is 11.4 Å². The molecule has 0 bridgehead atoms. The van der Waals surface area contributed by atoms with E-state index < -0.39 is 0 Å². The van der Waals surface area contributed by atoms with Crippen LogP contribution in [-0.2, 0) is 4.79 Å². The highest BCUT2D eigenvalue weighted by Crippen LogP contribution is 2.25. The summed E-state index contributed by atoms with van der Waals surface area (Å²) in [4.78, 5) is 28.0. The second kappa shape index (κ2) is 10.1. The number of aryl methyl sites for hydroxylation is 1. The van der Waals surface area contributed by atoms with E-state index >= 15 is 0 Å². The van der Waals surface area contributed by atoms with E-state index in [1.54, 1.807) is 18.2 Å². The molecule has 1 atom stereocenters. The molecule has 0 spiro atoms. The normalized spacial score (nSPS) is 11.6. The maximum atomic E-state index is 12.9. The van der Waals surface area contributed by atoms with Crippen molar-refractivity contribution in [2.45, 2.75) is 33.6 Å². The summed E-state index contributed by atoms with van der Waals surface area (Å²) in [6.45, 7) is 10.0. The summed E-state index contributed by atoms with van der Waals surface area (Å²) in [5.74, 6) is -0.522. The van der Waals surface area contributed by atoms with E-state index in [4.69, 9.17) is 0 Å². The molecule has 0 unspecified atom stereocenters. The van der Waals surface area contributed by atoms with Gasteiger partial charge in [0.25, 0.3) is 0 Å². The molecule has 0 saturated carbocycles. The lowest BCUT2D eigenvalue weighted by Gasteiger charge is -2.22. The zero-order valence-corrected chi connectivity index (χ0v) is 18.7. The van der Waals surface area contributed by atoms with E-state index in [0.717, 1.165) is 35.6 Å². The zero-order valence-electron chi connectivity index (χ0n) is 18.7. The Kier molecular flexibility index (Phi) is 7.24. The highest BCUT2D eigenvalue weighted by molar-refractivity contribution is 6.09. The molecule has 0 aliphatic heterocycles. The molecule has 1 N–H and O–H groups in total. The number of benzene rings is 3. The predicted octanol–water partition coefficient (Wildman–Crippen LogP) is 5.81. The summed E-state index contributed by atoms with van der Waals surface area (Å²) in [6.07, 6.45) is 0. The number of hydrogen-bond donors (Lipinski definition) is 1. The van der Waals surface area contributed by atoms with E-state index in [1.807, 2.05) is 62.4 Å². The van der Waals surface area contributed by atoms with Gasteiger partial charge in [-0.15, -0.1) is 0 Å². The quantitative estimate of drug-likeness (QED) is 0.473. The first-order valence-electron chi connectivity index (χ1n) is 10.8. The Morgan fingerprint density at radius 1 is 0.871 bits per heavy atom. The summed E-state index contributed by atoms with van der Waals surface area (Å²) in [6, 6.07) is 22.6. The molecule has 3 aromatic carbocycles.